The second-order valence-electron chi connectivity index (χ2n) is 6.98. The predicted molar refractivity (Wildman–Crippen MR) is 130 cm³/mol. The number of amides is 1. The molecule has 0 aliphatic carbocycles. The lowest BCUT2D eigenvalue weighted by molar-refractivity contribution is 0.100. The normalized spacial score (nSPS) is 11.1. The number of carbonyl (C=O) groups is 1. The lowest BCUT2D eigenvalue weighted by Gasteiger charge is -2.16. The van der Waals surface area contributed by atoms with Crippen LogP contribution in [0.4, 0.5) is 17.1 Å². The number of benzene rings is 3. The Morgan fingerprint density at radius 3 is 2.44 bits per heavy atom. The summed E-state index contributed by atoms with van der Waals surface area (Å²) in [5, 5.41) is 4.96. The molecule has 0 fully saturated rings. The van der Waals surface area contributed by atoms with Gasteiger partial charge >= 0.3 is 0 Å². The summed E-state index contributed by atoms with van der Waals surface area (Å²) < 4.78 is 31.0. The number of fused-ring (bicyclic) bond motifs is 2. The first-order chi connectivity index (χ1) is 14.8. The van der Waals surface area contributed by atoms with Gasteiger partial charge in [0.1, 0.15) is 5.75 Å². The molecule has 4 aromatic rings. The van der Waals surface area contributed by atoms with Crippen molar-refractivity contribution in [2.75, 3.05) is 23.4 Å². The molecule has 0 spiro atoms. The van der Waals surface area contributed by atoms with Gasteiger partial charge in [0.15, 0.2) is 0 Å². The summed E-state index contributed by atoms with van der Waals surface area (Å²) in [5.74, 6) is -0.201. The smallest absolute Gasteiger partial charge is 0.250 e. The van der Waals surface area contributed by atoms with Gasteiger partial charge in [-0.2, -0.15) is 0 Å². The van der Waals surface area contributed by atoms with Crippen LogP contribution in [0.2, 0.25) is 0 Å². The number of para-hydroxylation sites is 2. The van der Waals surface area contributed by atoms with Gasteiger partial charge in [-0.05, 0) is 24.3 Å². The summed E-state index contributed by atoms with van der Waals surface area (Å²) in [6.45, 7) is 0. The second-order valence-corrected chi connectivity index (χ2v) is 8.73. The topological polar surface area (TPSA) is 123 Å². The second kappa shape index (κ2) is 8.89. The Labute approximate surface area is 191 Å². The van der Waals surface area contributed by atoms with E-state index in [1.54, 1.807) is 30.3 Å². The molecule has 0 saturated heterocycles. The summed E-state index contributed by atoms with van der Waals surface area (Å²) in [5.41, 5.74) is 8.83. The first-order valence-electron chi connectivity index (χ1n) is 9.31. The first-order valence-corrected chi connectivity index (χ1v) is 11.2. The van der Waals surface area contributed by atoms with Crippen molar-refractivity contribution in [2.45, 2.75) is 0 Å². The number of nitrogens with two attached hydrogens (primary N) is 1. The molecule has 0 atom stereocenters. The van der Waals surface area contributed by atoms with Gasteiger partial charge in [0, 0.05) is 22.5 Å². The third kappa shape index (κ3) is 4.53. The number of halogens is 1. The monoisotopic (exact) mass is 472 g/mol. The van der Waals surface area contributed by atoms with Crippen molar-refractivity contribution in [3.63, 3.8) is 0 Å². The number of pyridine rings is 1. The maximum absolute atomic E-state index is 11.9. The number of anilines is 3. The van der Waals surface area contributed by atoms with Crippen LogP contribution in [-0.4, -0.2) is 32.7 Å². The Morgan fingerprint density at radius 2 is 1.75 bits per heavy atom. The number of hydrogen-bond acceptors (Lipinski definition) is 6. The summed E-state index contributed by atoms with van der Waals surface area (Å²) in [4.78, 5) is 16.6. The molecule has 3 aromatic carbocycles. The van der Waals surface area contributed by atoms with Crippen LogP contribution in [0.5, 0.6) is 5.75 Å². The highest BCUT2D eigenvalue weighted by atomic mass is 35.5. The van der Waals surface area contributed by atoms with Gasteiger partial charge in [0.2, 0.25) is 10.0 Å². The van der Waals surface area contributed by atoms with E-state index in [1.807, 2.05) is 30.3 Å². The number of methoxy groups -OCH3 is 1. The number of hydrogen-bond donors (Lipinski definition) is 3. The van der Waals surface area contributed by atoms with Crippen LogP contribution in [0.25, 0.3) is 21.8 Å². The zero-order valence-corrected chi connectivity index (χ0v) is 18.9. The van der Waals surface area contributed by atoms with E-state index in [1.165, 1.54) is 7.11 Å². The Kier molecular flexibility index (Phi) is 6.42. The van der Waals surface area contributed by atoms with Crippen LogP contribution >= 0.6 is 12.4 Å². The number of primary amides is 1. The van der Waals surface area contributed by atoms with Gasteiger partial charge < -0.3 is 15.8 Å². The van der Waals surface area contributed by atoms with Crippen LogP contribution < -0.4 is 20.5 Å². The summed E-state index contributed by atoms with van der Waals surface area (Å²) in [7, 11) is -1.99. The predicted octanol–water partition coefficient (Wildman–Crippen LogP) is 4.03. The Morgan fingerprint density at radius 1 is 1.03 bits per heavy atom. The minimum absolute atomic E-state index is 0. The molecule has 0 aliphatic rings. The van der Waals surface area contributed by atoms with Crippen LogP contribution in [0.3, 0.4) is 0 Å². The van der Waals surface area contributed by atoms with Gasteiger partial charge in [-0.15, -0.1) is 12.4 Å². The van der Waals surface area contributed by atoms with Crippen LogP contribution in [-0.2, 0) is 10.0 Å². The molecule has 0 bridgehead atoms. The maximum Gasteiger partial charge on any atom is 0.250 e. The summed E-state index contributed by atoms with van der Waals surface area (Å²) in [6, 6.07) is 17.8. The van der Waals surface area contributed by atoms with E-state index in [2.05, 4.69) is 15.0 Å². The van der Waals surface area contributed by atoms with E-state index in [0.717, 1.165) is 22.7 Å². The average molecular weight is 473 g/mol. The van der Waals surface area contributed by atoms with Crippen molar-refractivity contribution in [2.24, 2.45) is 5.73 Å². The number of nitrogens with zero attached hydrogens (tertiary/aromatic N) is 1. The van der Waals surface area contributed by atoms with E-state index in [9.17, 15) is 13.2 Å². The maximum atomic E-state index is 11.9. The van der Waals surface area contributed by atoms with Crippen molar-refractivity contribution in [3.8, 4) is 5.75 Å². The van der Waals surface area contributed by atoms with Crippen LogP contribution in [0, 0.1) is 0 Å². The van der Waals surface area contributed by atoms with E-state index in [-0.39, 0.29) is 12.4 Å². The third-order valence-corrected chi connectivity index (χ3v) is 5.33. The van der Waals surface area contributed by atoms with Crippen molar-refractivity contribution < 1.29 is 17.9 Å². The van der Waals surface area contributed by atoms with E-state index < -0.39 is 15.9 Å². The minimum Gasteiger partial charge on any atom is -0.494 e. The fourth-order valence-corrected chi connectivity index (χ4v) is 4.01. The van der Waals surface area contributed by atoms with E-state index in [4.69, 9.17) is 10.5 Å². The molecule has 10 heteroatoms. The molecule has 32 heavy (non-hydrogen) atoms. The molecule has 4 rings (SSSR count). The molecule has 0 saturated carbocycles. The number of aromatic nitrogens is 1. The highest BCUT2D eigenvalue weighted by Crippen LogP contribution is 2.36. The number of carbonyl (C=O) groups excluding carboxylic acids is 1. The Hall–Kier alpha value is -3.56. The van der Waals surface area contributed by atoms with Crippen LogP contribution in [0.15, 0.2) is 60.7 Å². The molecule has 1 aromatic heterocycles. The molecule has 4 N–H and O–H groups in total. The summed E-state index contributed by atoms with van der Waals surface area (Å²) in [6.07, 6.45) is 1.07. The molecule has 166 valence electrons. The van der Waals surface area contributed by atoms with Gasteiger partial charge in [0.25, 0.3) is 5.91 Å². The van der Waals surface area contributed by atoms with E-state index in [0.29, 0.717) is 33.7 Å². The molecule has 1 amide bonds. The molecule has 8 nitrogen and oxygen atoms in total. The molecular formula is C22H21ClN4O4S. The third-order valence-electron chi connectivity index (χ3n) is 4.74. The van der Waals surface area contributed by atoms with E-state index >= 15 is 0 Å². The highest BCUT2D eigenvalue weighted by Gasteiger charge is 2.15. The zero-order valence-electron chi connectivity index (χ0n) is 17.2. The standard InChI is InChI=1S/C22H20N4O4S.ClH/c1-30-19-12-13(10-11-18(19)26-31(2,28)29)24-20-14-6-3-4-9-17(14)25-21-15(20)7-5-8-16(21)22(23)27;/h3-12,26H,1-2H3,(H2,23,27)(H,24,25);1H. The van der Waals surface area contributed by atoms with Crippen molar-refractivity contribution in [1.82, 2.24) is 4.98 Å². The van der Waals surface area contributed by atoms with Gasteiger partial charge in [-0.3, -0.25) is 9.52 Å². The SMILES string of the molecule is COc1cc(Nc2c3ccccc3nc3c(C(N)=O)cccc23)ccc1NS(C)(=O)=O.Cl. The number of rotatable bonds is 6. The molecule has 0 aliphatic heterocycles. The quantitative estimate of drug-likeness (QED) is 0.364. The molecule has 0 radical (unpaired) electrons. The Balaban J connectivity index is 0.00000289. The number of ether oxygens (including phenoxy) is 1. The van der Waals surface area contributed by atoms with Crippen molar-refractivity contribution in [3.05, 3.63) is 66.2 Å². The Bertz CT molecular complexity index is 1440. The fourth-order valence-electron chi connectivity index (χ4n) is 3.44. The van der Waals surface area contributed by atoms with Crippen molar-refractivity contribution in [1.29, 1.82) is 0 Å². The highest BCUT2D eigenvalue weighted by molar-refractivity contribution is 7.92. The van der Waals surface area contributed by atoms with Gasteiger partial charge in [-0.25, -0.2) is 13.4 Å². The largest absolute Gasteiger partial charge is 0.494 e. The van der Waals surface area contributed by atoms with Gasteiger partial charge in [-0.1, -0.05) is 30.3 Å². The molecule has 0 unspecified atom stereocenters. The zero-order chi connectivity index (χ0) is 22.2. The average Bonchev–Trinajstić information content (AvgIpc) is 2.73. The first kappa shape index (κ1) is 23.1. The number of nitrogens with one attached hydrogen (secondary N) is 2. The fraction of sp³-hybridized carbons (Fsp3) is 0.0909. The lowest BCUT2D eigenvalue weighted by Crippen LogP contribution is -2.12. The minimum atomic E-state index is -3.45. The van der Waals surface area contributed by atoms with Crippen LogP contribution in [0.1, 0.15) is 10.4 Å². The molecule has 1 heterocycles. The lowest BCUT2D eigenvalue weighted by atomic mass is 10.0. The number of sulfonamides is 1. The van der Waals surface area contributed by atoms with Crippen molar-refractivity contribution >= 4 is 67.2 Å². The summed E-state index contributed by atoms with van der Waals surface area (Å²) >= 11 is 0. The van der Waals surface area contributed by atoms with Gasteiger partial charge in [0.05, 0.1) is 41.3 Å². The molecular weight excluding hydrogens is 452 g/mol.